The van der Waals surface area contributed by atoms with Gasteiger partial charge in [0.1, 0.15) is 13.2 Å². The van der Waals surface area contributed by atoms with Crippen LogP contribution >= 0.6 is 0 Å². The van der Waals surface area contributed by atoms with Crippen molar-refractivity contribution >= 4 is 0 Å². The molecule has 1 fully saturated rings. The van der Waals surface area contributed by atoms with Crippen molar-refractivity contribution in [3.05, 3.63) is 59.7 Å². The van der Waals surface area contributed by atoms with E-state index in [-0.39, 0.29) is 0 Å². The molecule has 22 heavy (non-hydrogen) atoms. The molecule has 2 aliphatic heterocycles. The van der Waals surface area contributed by atoms with Crippen molar-refractivity contribution < 1.29 is 9.47 Å². The zero-order chi connectivity index (χ0) is 14.8. The molecule has 0 saturated carbocycles. The van der Waals surface area contributed by atoms with E-state index in [4.69, 9.17) is 9.47 Å². The van der Waals surface area contributed by atoms with Crippen LogP contribution in [0.1, 0.15) is 30.0 Å². The van der Waals surface area contributed by atoms with Gasteiger partial charge in [-0.25, -0.2) is 0 Å². The second kappa shape index (κ2) is 6.01. The molecule has 1 atom stereocenters. The average molecular weight is 295 g/mol. The number of nitrogens with zero attached hydrogens (tertiary/aromatic N) is 1. The molecule has 0 amide bonds. The molecule has 114 valence electrons. The van der Waals surface area contributed by atoms with Gasteiger partial charge < -0.3 is 9.47 Å². The van der Waals surface area contributed by atoms with Crippen LogP contribution < -0.4 is 9.47 Å². The first-order valence-electron chi connectivity index (χ1n) is 8.08. The maximum atomic E-state index is 5.73. The molecule has 0 bridgehead atoms. The molecule has 1 unspecified atom stereocenters. The van der Waals surface area contributed by atoms with E-state index in [2.05, 4.69) is 53.4 Å². The Hall–Kier alpha value is -2.00. The molecule has 0 N–H and O–H groups in total. The average Bonchev–Trinajstić information content (AvgIpc) is 3.03. The van der Waals surface area contributed by atoms with Gasteiger partial charge in [0.2, 0.25) is 0 Å². The Morgan fingerprint density at radius 1 is 0.955 bits per heavy atom. The van der Waals surface area contributed by atoms with Crippen LogP contribution in [-0.2, 0) is 6.54 Å². The van der Waals surface area contributed by atoms with Crippen LogP contribution in [0.3, 0.4) is 0 Å². The second-order valence-corrected chi connectivity index (χ2v) is 6.02. The summed E-state index contributed by atoms with van der Waals surface area (Å²) in [6.07, 6.45) is 2.47. The standard InChI is InChI=1S/C19H21NO2/c1-2-5-15(6-3-1)14-20-10-4-7-17(20)16-8-9-18-19(13-16)22-12-11-21-18/h1-3,5-6,8-9,13,17H,4,7,10-12,14H2. The number of rotatable bonds is 3. The summed E-state index contributed by atoms with van der Waals surface area (Å²) < 4.78 is 11.4. The summed E-state index contributed by atoms with van der Waals surface area (Å²) in [7, 11) is 0. The van der Waals surface area contributed by atoms with Gasteiger partial charge >= 0.3 is 0 Å². The molecule has 2 aromatic rings. The molecule has 2 heterocycles. The lowest BCUT2D eigenvalue weighted by Gasteiger charge is -2.26. The Labute approximate surface area is 131 Å². The molecule has 0 spiro atoms. The molecular formula is C19H21NO2. The molecule has 4 rings (SSSR count). The number of hydrogen-bond acceptors (Lipinski definition) is 3. The lowest BCUT2D eigenvalue weighted by atomic mass is 10.0. The monoisotopic (exact) mass is 295 g/mol. The molecule has 2 aromatic carbocycles. The second-order valence-electron chi connectivity index (χ2n) is 6.02. The van der Waals surface area contributed by atoms with E-state index in [1.54, 1.807) is 0 Å². The van der Waals surface area contributed by atoms with E-state index < -0.39 is 0 Å². The Bertz CT molecular complexity index is 641. The highest BCUT2D eigenvalue weighted by molar-refractivity contribution is 5.44. The Kier molecular flexibility index (Phi) is 3.73. The number of benzene rings is 2. The van der Waals surface area contributed by atoms with Gasteiger partial charge in [0.15, 0.2) is 11.5 Å². The highest BCUT2D eigenvalue weighted by Gasteiger charge is 2.27. The third-order valence-electron chi connectivity index (χ3n) is 4.54. The fourth-order valence-electron chi connectivity index (χ4n) is 3.48. The van der Waals surface area contributed by atoms with Crippen molar-refractivity contribution in [1.82, 2.24) is 4.90 Å². The first kappa shape index (κ1) is 13.6. The lowest BCUT2D eigenvalue weighted by Crippen LogP contribution is -2.23. The van der Waals surface area contributed by atoms with Crippen LogP contribution in [-0.4, -0.2) is 24.7 Å². The quantitative estimate of drug-likeness (QED) is 0.860. The molecular weight excluding hydrogens is 274 g/mol. The van der Waals surface area contributed by atoms with Crippen molar-refractivity contribution in [1.29, 1.82) is 0 Å². The molecule has 0 radical (unpaired) electrons. The Balaban J connectivity index is 1.55. The summed E-state index contributed by atoms with van der Waals surface area (Å²) >= 11 is 0. The normalized spacial score (nSPS) is 21.0. The van der Waals surface area contributed by atoms with Gasteiger partial charge in [-0.15, -0.1) is 0 Å². The fourth-order valence-corrected chi connectivity index (χ4v) is 3.48. The minimum Gasteiger partial charge on any atom is -0.486 e. The van der Waals surface area contributed by atoms with Crippen molar-refractivity contribution in [2.45, 2.75) is 25.4 Å². The van der Waals surface area contributed by atoms with E-state index in [1.807, 2.05) is 0 Å². The maximum absolute atomic E-state index is 5.73. The van der Waals surface area contributed by atoms with Gasteiger partial charge in [-0.1, -0.05) is 36.4 Å². The van der Waals surface area contributed by atoms with Crippen molar-refractivity contribution in [2.75, 3.05) is 19.8 Å². The summed E-state index contributed by atoms with van der Waals surface area (Å²) in [6, 6.07) is 17.6. The highest BCUT2D eigenvalue weighted by atomic mass is 16.6. The predicted molar refractivity (Wildman–Crippen MR) is 86.3 cm³/mol. The van der Waals surface area contributed by atoms with Crippen LogP contribution in [0.5, 0.6) is 11.5 Å². The summed E-state index contributed by atoms with van der Waals surface area (Å²) in [6.45, 7) is 3.47. The molecule has 0 aromatic heterocycles. The number of hydrogen-bond donors (Lipinski definition) is 0. The van der Waals surface area contributed by atoms with Gasteiger partial charge in [0, 0.05) is 12.6 Å². The van der Waals surface area contributed by atoms with Crippen LogP contribution in [0.2, 0.25) is 0 Å². The third kappa shape index (κ3) is 2.69. The minimum atomic E-state index is 0.482. The van der Waals surface area contributed by atoms with E-state index in [1.165, 1.54) is 24.0 Å². The smallest absolute Gasteiger partial charge is 0.161 e. The van der Waals surface area contributed by atoms with E-state index in [9.17, 15) is 0 Å². The predicted octanol–water partition coefficient (Wildman–Crippen LogP) is 3.79. The van der Waals surface area contributed by atoms with Gasteiger partial charge in [0.05, 0.1) is 0 Å². The van der Waals surface area contributed by atoms with E-state index in [0.717, 1.165) is 24.6 Å². The molecule has 3 nitrogen and oxygen atoms in total. The van der Waals surface area contributed by atoms with Crippen molar-refractivity contribution in [2.24, 2.45) is 0 Å². The van der Waals surface area contributed by atoms with E-state index in [0.29, 0.717) is 19.3 Å². The van der Waals surface area contributed by atoms with E-state index >= 15 is 0 Å². The highest BCUT2D eigenvalue weighted by Crippen LogP contribution is 2.38. The summed E-state index contributed by atoms with van der Waals surface area (Å²) in [4.78, 5) is 2.57. The zero-order valence-corrected chi connectivity index (χ0v) is 12.7. The van der Waals surface area contributed by atoms with Crippen molar-refractivity contribution in [3.8, 4) is 11.5 Å². The van der Waals surface area contributed by atoms with Gasteiger partial charge in [0.25, 0.3) is 0 Å². The van der Waals surface area contributed by atoms with Crippen LogP contribution in [0.15, 0.2) is 48.5 Å². The maximum Gasteiger partial charge on any atom is 0.161 e. The lowest BCUT2D eigenvalue weighted by molar-refractivity contribution is 0.170. The zero-order valence-electron chi connectivity index (χ0n) is 12.7. The summed E-state index contributed by atoms with van der Waals surface area (Å²) in [5, 5.41) is 0. The van der Waals surface area contributed by atoms with Crippen LogP contribution in [0, 0.1) is 0 Å². The molecule has 1 saturated heterocycles. The molecule has 3 heteroatoms. The number of ether oxygens (including phenoxy) is 2. The largest absolute Gasteiger partial charge is 0.486 e. The van der Waals surface area contributed by atoms with Crippen molar-refractivity contribution in [3.63, 3.8) is 0 Å². The van der Waals surface area contributed by atoms with Gasteiger partial charge in [-0.3, -0.25) is 4.90 Å². The topological polar surface area (TPSA) is 21.7 Å². The third-order valence-corrected chi connectivity index (χ3v) is 4.54. The summed E-state index contributed by atoms with van der Waals surface area (Å²) in [5.74, 6) is 1.78. The Morgan fingerprint density at radius 2 is 1.77 bits per heavy atom. The number of fused-ring (bicyclic) bond motifs is 1. The first-order valence-corrected chi connectivity index (χ1v) is 8.08. The minimum absolute atomic E-state index is 0.482. The van der Waals surface area contributed by atoms with Gasteiger partial charge in [-0.05, 0) is 42.6 Å². The fraction of sp³-hybridized carbons (Fsp3) is 0.368. The van der Waals surface area contributed by atoms with Gasteiger partial charge in [-0.2, -0.15) is 0 Å². The molecule has 0 aliphatic carbocycles. The van der Waals surface area contributed by atoms with Crippen LogP contribution in [0.25, 0.3) is 0 Å². The molecule has 2 aliphatic rings. The SMILES string of the molecule is c1ccc(CN2CCCC2c2ccc3c(c2)OCCO3)cc1. The summed E-state index contributed by atoms with van der Waals surface area (Å²) in [5.41, 5.74) is 2.73. The number of likely N-dealkylation sites (tertiary alicyclic amines) is 1. The van der Waals surface area contributed by atoms with Crippen LogP contribution in [0.4, 0.5) is 0 Å². The first-order chi connectivity index (χ1) is 10.9. The Morgan fingerprint density at radius 3 is 2.64 bits per heavy atom.